The van der Waals surface area contributed by atoms with Gasteiger partial charge in [0.15, 0.2) is 6.29 Å². The number of unbranched alkanes of at least 4 members (excludes halogenated alkanes) is 27. The molecule has 1 fully saturated rings. The zero-order valence-electron chi connectivity index (χ0n) is 37.8. The molecule has 7 unspecified atom stereocenters. The average Bonchev–Trinajstić information content (AvgIpc) is 3.22. The van der Waals surface area contributed by atoms with Gasteiger partial charge in [-0.25, -0.2) is 4.18 Å². The molecular weight excluding hydrogens is 787 g/mol. The molecule has 0 bridgehead atoms. The molecule has 13 heteroatoms. The Morgan fingerprint density at radius 3 is 1.50 bits per heavy atom. The van der Waals surface area contributed by atoms with Gasteiger partial charge in [-0.2, -0.15) is 8.42 Å². The third-order valence-corrected chi connectivity index (χ3v) is 11.9. The number of aliphatic hydroxyl groups is 4. The zero-order chi connectivity index (χ0) is 44.1. The molecule has 0 saturated carbocycles. The van der Waals surface area contributed by atoms with Crippen LogP contribution in [0.4, 0.5) is 0 Å². The fourth-order valence-corrected chi connectivity index (χ4v) is 8.19. The number of allylic oxidation sites excluding steroid dienone is 3. The van der Waals surface area contributed by atoms with Gasteiger partial charge in [0.05, 0.1) is 25.4 Å². The van der Waals surface area contributed by atoms with E-state index in [1.165, 1.54) is 141 Å². The van der Waals surface area contributed by atoms with E-state index in [0.717, 1.165) is 44.9 Å². The van der Waals surface area contributed by atoms with Gasteiger partial charge in [-0.05, 0) is 44.9 Å². The van der Waals surface area contributed by atoms with Gasteiger partial charge in [0.1, 0.15) is 24.4 Å². The lowest BCUT2D eigenvalue weighted by Gasteiger charge is -2.41. The maximum Gasteiger partial charge on any atom is 0.397 e. The van der Waals surface area contributed by atoms with Crippen LogP contribution in [-0.2, 0) is 28.9 Å². The number of carbonyl (C=O) groups is 1. The van der Waals surface area contributed by atoms with Gasteiger partial charge in [-0.3, -0.25) is 9.35 Å². The van der Waals surface area contributed by atoms with Crippen molar-refractivity contribution < 1.29 is 51.8 Å². The second-order valence-electron chi connectivity index (χ2n) is 17.0. The molecule has 0 radical (unpaired) electrons. The zero-order valence-corrected chi connectivity index (χ0v) is 38.6. The first kappa shape index (κ1) is 56.6. The van der Waals surface area contributed by atoms with E-state index in [9.17, 15) is 33.6 Å². The number of amides is 1. The highest BCUT2D eigenvalue weighted by Crippen LogP contribution is 2.26. The van der Waals surface area contributed by atoms with Crippen molar-refractivity contribution in [2.45, 2.75) is 256 Å². The summed E-state index contributed by atoms with van der Waals surface area (Å²) in [5.74, 6) is -0.268. The van der Waals surface area contributed by atoms with Gasteiger partial charge < -0.3 is 35.2 Å². The number of nitrogens with one attached hydrogen (secondary N) is 1. The molecule has 60 heavy (non-hydrogen) atoms. The summed E-state index contributed by atoms with van der Waals surface area (Å²) in [4.78, 5) is 13.0. The van der Waals surface area contributed by atoms with E-state index in [1.54, 1.807) is 6.08 Å². The third-order valence-electron chi connectivity index (χ3n) is 11.5. The van der Waals surface area contributed by atoms with E-state index in [4.69, 9.17) is 14.0 Å². The van der Waals surface area contributed by atoms with Gasteiger partial charge in [0.2, 0.25) is 5.91 Å². The van der Waals surface area contributed by atoms with Crippen molar-refractivity contribution in [3.63, 3.8) is 0 Å². The first-order chi connectivity index (χ1) is 29.0. The number of aliphatic hydroxyl groups excluding tert-OH is 4. The van der Waals surface area contributed by atoms with Crippen LogP contribution in [0.5, 0.6) is 0 Å². The van der Waals surface area contributed by atoms with Crippen LogP contribution in [0.25, 0.3) is 0 Å². The lowest BCUT2D eigenvalue weighted by Crippen LogP contribution is -2.61. The molecule has 1 aliphatic rings. The normalized spacial score (nSPS) is 20.9. The Morgan fingerprint density at radius 2 is 1.07 bits per heavy atom. The quantitative estimate of drug-likeness (QED) is 0.0195. The van der Waals surface area contributed by atoms with Crippen LogP contribution in [0.1, 0.15) is 213 Å². The summed E-state index contributed by atoms with van der Waals surface area (Å²) < 4.78 is 47.5. The van der Waals surface area contributed by atoms with Crippen molar-refractivity contribution >= 4 is 16.3 Å². The molecule has 1 saturated heterocycles. The maximum absolute atomic E-state index is 13.0. The summed E-state index contributed by atoms with van der Waals surface area (Å²) in [5.41, 5.74) is 0. The molecule has 0 spiro atoms. The van der Waals surface area contributed by atoms with Crippen LogP contribution in [0.3, 0.4) is 0 Å². The van der Waals surface area contributed by atoms with E-state index in [-0.39, 0.29) is 18.9 Å². The SMILES string of the molecule is CCCCCCCCCC/C=C/C(O)C(COC1OC(CO)C(O)C(OS(=O)(=O)O)C1O)NC(=O)CCCCCCCCC/C=C\CCCCCCCCCCCCCC. The van der Waals surface area contributed by atoms with Crippen molar-refractivity contribution in [1.29, 1.82) is 0 Å². The van der Waals surface area contributed by atoms with Crippen LogP contribution >= 0.6 is 0 Å². The minimum atomic E-state index is -5.08. The van der Waals surface area contributed by atoms with E-state index < -0.39 is 59.9 Å². The van der Waals surface area contributed by atoms with Gasteiger partial charge in [0.25, 0.3) is 0 Å². The van der Waals surface area contributed by atoms with E-state index in [2.05, 4.69) is 35.5 Å². The number of rotatable bonds is 41. The molecule has 1 aliphatic heterocycles. The van der Waals surface area contributed by atoms with Crippen molar-refractivity contribution in [1.82, 2.24) is 5.32 Å². The lowest BCUT2D eigenvalue weighted by molar-refractivity contribution is -0.298. The molecule has 0 aliphatic carbocycles. The molecule has 7 atom stereocenters. The topological polar surface area (TPSA) is 192 Å². The summed E-state index contributed by atoms with van der Waals surface area (Å²) in [6, 6.07) is -0.943. The van der Waals surface area contributed by atoms with Crippen molar-refractivity contribution in [2.75, 3.05) is 13.2 Å². The third kappa shape index (κ3) is 30.6. The number of ether oxygens (including phenoxy) is 2. The van der Waals surface area contributed by atoms with Crippen molar-refractivity contribution in [2.24, 2.45) is 0 Å². The van der Waals surface area contributed by atoms with Gasteiger partial charge >= 0.3 is 10.4 Å². The molecule has 1 amide bonds. The van der Waals surface area contributed by atoms with E-state index in [0.29, 0.717) is 6.42 Å². The fourth-order valence-electron chi connectivity index (χ4n) is 7.68. The number of hydrogen-bond acceptors (Lipinski definition) is 10. The molecule has 0 aromatic rings. The minimum absolute atomic E-state index is 0.265. The number of carbonyl (C=O) groups excluding carboxylic acids is 1. The molecule has 6 N–H and O–H groups in total. The molecule has 1 rings (SSSR count). The van der Waals surface area contributed by atoms with Crippen molar-refractivity contribution in [3.8, 4) is 0 Å². The molecule has 12 nitrogen and oxygen atoms in total. The van der Waals surface area contributed by atoms with Gasteiger partial charge in [0, 0.05) is 6.42 Å². The second-order valence-corrected chi connectivity index (χ2v) is 18.1. The van der Waals surface area contributed by atoms with Crippen LogP contribution in [0.15, 0.2) is 24.3 Å². The predicted octanol–water partition coefficient (Wildman–Crippen LogP) is 9.72. The summed E-state index contributed by atoms with van der Waals surface area (Å²) in [7, 11) is -5.08. The van der Waals surface area contributed by atoms with Gasteiger partial charge in [-0.15, -0.1) is 0 Å². The van der Waals surface area contributed by atoms with E-state index >= 15 is 0 Å². The highest BCUT2D eigenvalue weighted by atomic mass is 32.3. The Hall–Kier alpha value is -1.42. The van der Waals surface area contributed by atoms with Crippen LogP contribution in [-0.4, -0.2) is 95.4 Å². The first-order valence-electron chi connectivity index (χ1n) is 24.2. The van der Waals surface area contributed by atoms with Crippen molar-refractivity contribution in [3.05, 3.63) is 24.3 Å². The average molecular weight is 876 g/mol. The minimum Gasteiger partial charge on any atom is -0.394 e. The smallest absolute Gasteiger partial charge is 0.394 e. The van der Waals surface area contributed by atoms with Crippen LogP contribution < -0.4 is 5.32 Å². The van der Waals surface area contributed by atoms with Crippen LogP contribution in [0.2, 0.25) is 0 Å². The maximum atomic E-state index is 13.0. The summed E-state index contributed by atoms with van der Waals surface area (Å²) in [5, 5.41) is 44.6. The largest absolute Gasteiger partial charge is 0.397 e. The molecular formula is C47H89NO11S. The Bertz CT molecular complexity index is 1170. The Kier molecular flexibility index (Phi) is 35.9. The highest BCUT2D eigenvalue weighted by molar-refractivity contribution is 7.80. The van der Waals surface area contributed by atoms with E-state index in [1.807, 2.05) is 6.08 Å². The molecule has 0 aromatic heterocycles. The predicted molar refractivity (Wildman–Crippen MR) is 241 cm³/mol. The monoisotopic (exact) mass is 876 g/mol. The van der Waals surface area contributed by atoms with Gasteiger partial charge in [-0.1, -0.05) is 186 Å². The summed E-state index contributed by atoms with van der Waals surface area (Å²) in [6.07, 6.45) is 35.2. The second kappa shape index (κ2) is 38.1. The lowest BCUT2D eigenvalue weighted by atomic mass is 9.99. The Balaban J connectivity index is 2.39. The highest BCUT2D eigenvalue weighted by Gasteiger charge is 2.48. The Morgan fingerprint density at radius 1 is 0.650 bits per heavy atom. The number of hydrogen-bond donors (Lipinski definition) is 6. The molecule has 1 heterocycles. The summed E-state index contributed by atoms with van der Waals surface area (Å²) >= 11 is 0. The molecule has 354 valence electrons. The molecule has 0 aromatic carbocycles. The van der Waals surface area contributed by atoms with Crippen LogP contribution in [0, 0.1) is 0 Å². The standard InChI is InChI=1S/C47H89NO11S/c1-3-5-7-9-11-13-15-16-17-18-19-20-21-22-23-24-25-26-27-29-31-33-35-37-43(51)48-40(41(50)36-34-32-30-28-14-12-10-8-6-4-2)39-57-47-45(53)46(59-60(54,55)56)44(52)42(38-49)58-47/h22-23,34,36,40-42,44-47,49-50,52-53H,3-21,24-33,35,37-39H2,1-2H3,(H,48,51)(H,54,55,56)/b23-22-,36-34+. The fraction of sp³-hybridized carbons (Fsp3) is 0.894. The first-order valence-corrected chi connectivity index (χ1v) is 25.6. The Labute approximate surface area is 365 Å². The summed E-state index contributed by atoms with van der Waals surface area (Å²) in [6.45, 7) is 3.36.